The summed E-state index contributed by atoms with van der Waals surface area (Å²) in [5.74, 6) is 0.432. The smallest absolute Gasteiger partial charge is 0.290 e. The highest BCUT2D eigenvalue weighted by molar-refractivity contribution is 5.43. The molecule has 1 aliphatic rings. The second kappa shape index (κ2) is 5.19. The highest BCUT2D eigenvalue weighted by Gasteiger charge is 2.23. The van der Waals surface area contributed by atoms with Gasteiger partial charge in [0.05, 0.1) is 12.2 Å². The van der Waals surface area contributed by atoms with Crippen molar-refractivity contribution in [2.75, 3.05) is 5.73 Å². The molecule has 1 fully saturated rings. The standard InChI is InChI=1S/C16H21N3O/c1-11-6-8-12(9-7-11)10-19-16(20)14(17)15(18-19)13-4-2-3-5-13/h6-9,13,18H,2-5,10,17H2,1H3. The lowest BCUT2D eigenvalue weighted by Crippen LogP contribution is -2.19. The minimum Gasteiger partial charge on any atom is -0.393 e. The molecule has 0 bridgehead atoms. The zero-order valence-electron chi connectivity index (χ0n) is 11.9. The molecule has 1 aliphatic carbocycles. The maximum atomic E-state index is 12.2. The number of aromatic amines is 1. The van der Waals surface area contributed by atoms with Crippen LogP contribution in [0.25, 0.3) is 0 Å². The highest BCUT2D eigenvalue weighted by Crippen LogP contribution is 2.34. The number of H-pyrrole nitrogens is 1. The van der Waals surface area contributed by atoms with Gasteiger partial charge in [0.15, 0.2) is 0 Å². The Morgan fingerprint density at radius 2 is 1.90 bits per heavy atom. The molecule has 1 saturated carbocycles. The van der Waals surface area contributed by atoms with E-state index in [0.717, 1.165) is 24.1 Å². The predicted molar refractivity (Wildman–Crippen MR) is 81.0 cm³/mol. The molecule has 0 spiro atoms. The normalized spacial score (nSPS) is 15.8. The van der Waals surface area contributed by atoms with Crippen LogP contribution in [0.3, 0.4) is 0 Å². The zero-order chi connectivity index (χ0) is 14.1. The average molecular weight is 271 g/mol. The Morgan fingerprint density at radius 1 is 1.25 bits per heavy atom. The fraction of sp³-hybridized carbons (Fsp3) is 0.438. The van der Waals surface area contributed by atoms with Crippen LogP contribution in [-0.2, 0) is 6.54 Å². The van der Waals surface area contributed by atoms with Crippen molar-refractivity contribution >= 4 is 5.69 Å². The van der Waals surface area contributed by atoms with Crippen molar-refractivity contribution in [1.29, 1.82) is 0 Å². The molecule has 4 nitrogen and oxygen atoms in total. The van der Waals surface area contributed by atoms with E-state index < -0.39 is 0 Å². The van der Waals surface area contributed by atoms with Gasteiger partial charge in [0.1, 0.15) is 5.69 Å². The van der Waals surface area contributed by atoms with Crippen LogP contribution in [-0.4, -0.2) is 9.78 Å². The second-order valence-electron chi connectivity index (χ2n) is 5.80. The van der Waals surface area contributed by atoms with E-state index >= 15 is 0 Å². The molecule has 1 aromatic heterocycles. The molecule has 0 atom stereocenters. The number of benzene rings is 1. The summed E-state index contributed by atoms with van der Waals surface area (Å²) < 4.78 is 1.63. The topological polar surface area (TPSA) is 63.8 Å². The van der Waals surface area contributed by atoms with E-state index in [1.54, 1.807) is 4.68 Å². The first-order valence-corrected chi connectivity index (χ1v) is 7.29. The molecule has 1 aromatic carbocycles. The van der Waals surface area contributed by atoms with Crippen LogP contribution in [0.2, 0.25) is 0 Å². The number of nitrogens with one attached hydrogen (secondary N) is 1. The number of hydrogen-bond donors (Lipinski definition) is 2. The van der Waals surface area contributed by atoms with Gasteiger partial charge in [-0.05, 0) is 25.3 Å². The molecule has 0 aliphatic heterocycles. The van der Waals surface area contributed by atoms with E-state index in [-0.39, 0.29) is 5.56 Å². The molecule has 106 valence electrons. The van der Waals surface area contributed by atoms with E-state index in [2.05, 4.69) is 24.2 Å². The SMILES string of the molecule is Cc1ccc(Cn2[nH]c(C3CCCC3)c(N)c2=O)cc1. The molecule has 0 amide bonds. The van der Waals surface area contributed by atoms with Crippen molar-refractivity contribution in [3.63, 3.8) is 0 Å². The summed E-state index contributed by atoms with van der Waals surface area (Å²) in [4.78, 5) is 12.2. The zero-order valence-corrected chi connectivity index (χ0v) is 11.9. The summed E-state index contributed by atoms with van der Waals surface area (Å²) in [5, 5.41) is 3.23. The van der Waals surface area contributed by atoms with E-state index in [9.17, 15) is 4.79 Å². The average Bonchev–Trinajstić information content (AvgIpc) is 3.05. The summed E-state index contributed by atoms with van der Waals surface area (Å²) >= 11 is 0. The van der Waals surface area contributed by atoms with Gasteiger partial charge in [0.2, 0.25) is 0 Å². The first-order chi connectivity index (χ1) is 9.65. The minimum absolute atomic E-state index is 0.0903. The third kappa shape index (κ3) is 2.38. The summed E-state index contributed by atoms with van der Waals surface area (Å²) in [5.41, 5.74) is 9.59. The lowest BCUT2D eigenvalue weighted by molar-refractivity contribution is 0.618. The van der Waals surface area contributed by atoms with Crippen LogP contribution in [0, 0.1) is 6.92 Å². The number of anilines is 1. The molecule has 1 heterocycles. The van der Waals surface area contributed by atoms with Crippen molar-refractivity contribution < 1.29 is 0 Å². The largest absolute Gasteiger partial charge is 0.393 e. The van der Waals surface area contributed by atoms with Gasteiger partial charge in [-0.2, -0.15) is 0 Å². The second-order valence-corrected chi connectivity index (χ2v) is 5.80. The molecule has 0 unspecified atom stereocenters. The van der Waals surface area contributed by atoms with Crippen molar-refractivity contribution in [2.24, 2.45) is 0 Å². The van der Waals surface area contributed by atoms with Gasteiger partial charge in [-0.3, -0.25) is 9.89 Å². The maximum absolute atomic E-state index is 12.2. The van der Waals surface area contributed by atoms with Crippen LogP contribution in [0.4, 0.5) is 5.69 Å². The maximum Gasteiger partial charge on any atom is 0.290 e. The number of nitrogens with zero attached hydrogens (tertiary/aromatic N) is 1. The number of hydrogen-bond acceptors (Lipinski definition) is 2. The first kappa shape index (κ1) is 13.0. The quantitative estimate of drug-likeness (QED) is 0.901. The lowest BCUT2D eigenvalue weighted by atomic mass is 10.0. The fourth-order valence-corrected chi connectivity index (χ4v) is 3.03. The summed E-state index contributed by atoms with van der Waals surface area (Å²) in [6.07, 6.45) is 4.73. The van der Waals surface area contributed by atoms with Gasteiger partial charge in [-0.15, -0.1) is 0 Å². The number of aryl methyl sites for hydroxylation is 1. The van der Waals surface area contributed by atoms with Crippen LogP contribution in [0.1, 0.15) is 48.4 Å². The monoisotopic (exact) mass is 271 g/mol. The summed E-state index contributed by atoms with van der Waals surface area (Å²) in [6, 6.07) is 8.22. The molecular weight excluding hydrogens is 250 g/mol. The lowest BCUT2D eigenvalue weighted by Gasteiger charge is -2.07. The summed E-state index contributed by atoms with van der Waals surface area (Å²) in [7, 11) is 0. The third-order valence-corrected chi connectivity index (χ3v) is 4.25. The van der Waals surface area contributed by atoms with Crippen LogP contribution in [0.15, 0.2) is 29.1 Å². The van der Waals surface area contributed by atoms with Gasteiger partial charge in [0, 0.05) is 5.92 Å². The Morgan fingerprint density at radius 3 is 2.55 bits per heavy atom. The third-order valence-electron chi connectivity index (χ3n) is 4.25. The predicted octanol–water partition coefficient (Wildman–Crippen LogP) is 2.77. The Kier molecular flexibility index (Phi) is 3.38. The molecule has 3 N–H and O–H groups in total. The van der Waals surface area contributed by atoms with E-state index in [1.165, 1.54) is 18.4 Å². The Hall–Kier alpha value is -1.97. The molecule has 3 rings (SSSR count). The Labute approximate surface area is 118 Å². The molecular formula is C16H21N3O. The van der Waals surface area contributed by atoms with Crippen molar-refractivity contribution in [3.05, 3.63) is 51.4 Å². The summed E-state index contributed by atoms with van der Waals surface area (Å²) in [6.45, 7) is 2.61. The molecule has 4 heteroatoms. The van der Waals surface area contributed by atoms with Gasteiger partial charge in [-0.25, -0.2) is 4.68 Å². The number of aromatic nitrogens is 2. The van der Waals surface area contributed by atoms with Crippen LogP contribution < -0.4 is 11.3 Å². The Bertz CT molecular complexity index is 645. The minimum atomic E-state index is -0.0903. The van der Waals surface area contributed by atoms with Crippen LogP contribution in [0.5, 0.6) is 0 Å². The van der Waals surface area contributed by atoms with Gasteiger partial charge >= 0.3 is 0 Å². The van der Waals surface area contributed by atoms with Crippen molar-refractivity contribution in [1.82, 2.24) is 9.78 Å². The number of nitrogens with two attached hydrogens (primary N) is 1. The molecule has 0 radical (unpaired) electrons. The molecule has 20 heavy (non-hydrogen) atoms. The van der Waals surface area contributed by atoms with Gasteiger partial charge in [0.25, 0.3) is 5.56 Å². The highest BCUT2D eigenvalue weighted by atomic mass is 16.1. The van der Waals surface area contributed by atoms with Crippen molar-refractivity contribution in [2.45, 2.75) is 45.1 Å². The van der Waals surface area contributed by atoms with E-state index in [0.29, 0.717) is 18.2 Å². The molecule has 2 aromatic rings. The van der Waals surface area contributed by atoms with Gasteiger partial charge in [-0.1, -0.05) is 42.7 Å². The number of rotatable bonds is 3. The fourth-order valence-electron chi connectivity index (χ4n) is 3.03. The van der Waals surface area contributed by atoms with Crippen LogP contribution >= 0.6 is 0 Å². The van der Waals surface area contributed by atoms with Gasteiger partial charge < -0.3 is 5.73 Å². The Balaban J connectivity index is 1.88. The number of nitrogen functional groups attached to an aromatic ring is 1. The van der Waals surface area contributed by atoms with Crippen molar-refractivity contribution in [3.8, 4) is 0 Å². The van der Waals surface area contributed by atoms with E-state index in [1.807, 2.05) is 12.1 Å². The van der Waals surface area contributed by atoms with E-state index in [4.69, 9.17) is 5.73 Å². The first-order valence-electron chi connectivity index (χ1n) is 7.29. The molecule has 0 saturated heterocycles.